The van der Waals surface area contributed by atoms with Crippen molar-refractivity contribution in [3.05, 3.63) is 158 Å². The Bertz CT molecular complexity index is 3200. The Morgan fingerprint density at radius 3 is 1.31 bits per heavy atom. The van der Waals surface area contributed by atoms with E-state index < -0.39 is 0 Å². The van der Waals surface area contributed by atoms with E-state index in [1.807, 2.05) is 84.9 Å². The molecular weight excluding hydrogens is 852 g/mol. The first kappa shape index (κ1) is 30.9. The molecule has 0 aliphatic rings. The topological polar surface area (TPSA) is 71.2 Å². The molecule has 0 amide bonds. The largest absolute Gasteiger partial charge is 2.00 e. The third-order valence-electron chi connectivity index (χ3n) is 10.3. The van der Waals surface area contributed by atoms with Crippen molar-refractivity contribution in [1.82, 2.24) is 19.1 Å². The van der Waals surface area contributed by atoms with Gasteiger partial charge in [0, 0.05) is 45.4 Å². The Labute approximate surface area is 320 Å². The predicted molar refractivity (Wildman–Crippen MR) is 209 cm³/mol. The van der Waals surface area contributed by atoms with E-state index in [2.05, 4.69) is 69.8 Å². The van der Waals surface area contributed by atoms with E-state index in [1.54, 1.807) is 12.4 Å². The van der Waals surface area contributed by atoms with Gasteiger partial charge in [-0.05, 0) is 47.2 Å². The summed E-state index contributed by atoms with van der Waals surface area (Å²) in [4.78, 5) is 9.53. The number of aromatic nitrogens is 4. The first-order chi connectivity index (χ1) is 26.3. The van der Waals surface area contributed by atoms with Gasteiger partial charge in [-0.15, -0.1) is 35.0 Å². The van der Waals surface area contributed by atoms with Gasteiger partial charge in [0.1, 0.15) is 22.8 Å². The van der Waals surface area contributed by atoms with E-state index in [-0.39, 0.29) is 21.1 Å². The van der Waals surface area contributed by atoms with Crippen LogP contribution in [0.5, 0.6) is 11.5 Å². The molecule has 0 spiro atoms. The number of fused-ring (bicyclic) bond motifs is 14. The molecule has 0 fully saturated rings. The number of pyridine rings is 2. The van der Waals surface area contributed by atoms with Crippen molar-refractivity contribution in [2.24, 2.45) is 0 Å². The van der Waals surface area contributed by atoms with Crippen LogP contribution in [0.3, 0.4) is 0 Å². The number of rotatable bonds is 4. The van der Waals surface area contributed by atoms with Crippen LogP contribution in [0.25, 0.3) is 99.1 Å². The van der Waals surface area contributed by atoms with Gasteiger partial charge in [0.2, 0.25) is 0 Å². The smallest absolute Gasteiger partial charge is 0.509 e. The second-order valence-corrected chi connectivity index (χ2v) is 13.2. The van der Waals surface area contributed by atoms with Crippen molar-refractivity contribution >= 4 is 87.5 Å². The average Bonchev–Trinajstić information content (AvgIpc) is 3.96. The second-order valence-electron chi connectivity index (χ2n) is 13.2. The van der Waals surface area contributed by atoms with Crippen LogP contribution in [0.4, 0.5) is 0 Å². The molecule has 0 aliphatic heterocycles. The van der Waals surface area contributed by atoms with E-state index in [0.717, 1.165) is 99.1 Å². The van der Waals surface area contributed by atoms with Gasteiger partial charge in [0.05, 0.1) is 11.0 Å². The predicted octanol–water partition coefficient (Wildman–Crippen LogP) is 11.9. The zero-order chi connectivity index (χ0) is 34.6. The van der Waals surface area contributed by atoms with Crippen LogP contribution in [0.1, 0.15) is 0 Å². The van der Waals surface area contributed by atoms with E-state index >= 15 is 0 Å². The Balaban J connectivity index is 0.00000341. The molecule has 12 rings (SSSR count). The van der Waals surface area contributed by atoms with Crippen molar-refractivity contribution in [2.75, 3.05) is 0 Å². The maximum Gasteiger partial charge on any atom is 2.00 e. The Morgan fingerprint density at radius 1 is 0.426 bits per heavy atom. The molecule has 8 heteroatoms. The van der Waals surface area contributed by atoms with Gasteiger partial charge in [-0.2, -0.15) is 12.1 Å². The average molecular weight is 876 g/mol. The maximum absolute atomic E-state index is 6.61. The molecule has 0 aliphatic carbocycles. The standard InChI is InChI=1S/C46H24N4O3.Pt/c1-3-11-39-31(9-1)35-21-19-33-29-17-15-27(25-37(29)49(43(33)45(35)52-39)41-13-5-7-23-47-41)51-28-16-18-30-34-20-22-36-32-10-2-4-12-40(32)53-46(36)44(34)50(38(30)26-28)42-14-6-8-24-48-42;/h1-24H;/q-2;+2. The molecule has 0 bridgehead atoms. The molecule has 54 heavy (non-hydrogen) atoms. The first-order valence-corrected chi connectivity index (χ1v) is 17.4. The zero-order valence-corrected chi connectivity index (χ0v) is 30.5. The van der Waals surface area contributed by atoms with E-state index in [4.69, 9.17) is 23.5 Å². The van der Waals surface area contributed by atoms with Gasteiger partial charge in [0.25, 0.3) is 0 Å². The summed E-state index contributed by atoms with van der Waals surface area (Å²) in [6.07, 6.45) is 3.60. The first-order valence-electron chi connectivity index (χ1n) is 17.4. The number of para-hydroxylation sites is 2. The quantitative estimate of drug-likeness (QED) is 0.165. The van der Waals surface area contributed by atoms with Gasteiger partial charge in [-0.1, -0.05) is 83.8 Å². The Hall–Kier alpha value is -6.69. The van der Waals surface area contributed by atoms with E-state index in [1.165, 1.54) is 0 Å². The van der Waals surface area contributed by atoms with Crippen LogP contribution in [-0.2, 0) is 21.1 Å². The summed E-state index contributed by atoms with van der Waals surface area (Å²) in [5.74, 6) is 2.63. The summed E-state index contributed by atoms with van der Waals surface area (Å²) >= 11 is 0. The summed E-state index contributed by atoms with van der Waals surface area (Å²) in [5, 5.41) is 8.38. The van der Waals surface area contributed by atoms with Crippen molar-refractivity contribution in [2.45, 2.75) is 0 Å². The molecule has 0 unspecified atom stereocenters. The summed E-state index contributed by atoms with van der Waals surface area (Å²) in [5.41, 5.74) is 6.84. The SMILES string of the molecule is [Pt+2].[c-]1c(Oc2[c-]c3c(cc2)c2ccc4c5ccccc5oc4c2n3-c2ccccn2)ccc2c3ccc4c5ccccc5oc4c3n(-c3ccccn3)c12. The minimum absolute atomic E-state index is 0. The summed E-state index contributed by atoms with van der Waals surface area (Å²) < 4.78 is 23.9. The van der Waals surface area contributed by atoms with Crippen LogP contribution >= 0.6 is 0 Å². The van der Waals surface area contributed by atoms with E-state index in [0.29, 0.717) is 11.5 Å². The van der Waals surface area contributed by atoms with Crippen LogP contribution in [0.2, 0.25) is 0 Å². The molecule has 6 aromatic carbocycles. The molecule has 12 aromatic rings. The molecule has 0 atom stereocenters. The number of furan rings is 2. The molecule has 0 N–H and O–H groups in total. The number of benzene rings is 6. The van der Waals surface area contributed by atoms with Crippen LogP contribution in [0, 0.1) is 12.1 Å². The summed E-state index contributed by atoms with van der Waals surface area (Å²) in [7, 11) is 0. The summed E-state index contributed by atoms with van der Waals surface area (Å²) in [6.45, 7) is 0. The van der Waals surface area contributed by atoms with Crippen LogP contribution < -0.4 is 4.74 Å². The second kappa shape index (κ2) is 11.7. The van der Waals surface area contributed by atoms with Crippen LogP contribution in [0.15, 0.2) is 155 Å². The molecule has 7 nitrogen and oxygen atoms in total. The van der Waals surface area contributed by atoms with Gasteiger partial charge < -0.3 is 22.7 Å². The normalized spacial score (nSPS) is 11.9. The summed E-state index contributed by atoms with van der Waals surface area (Å²) in [6, 6.07) is 52.0. The van der Waals surface area contributed by atoms with Gasteiger partial charge in [-0.3, -0.25) is 0 Å². The molecule has 0 saturated heterocycles. The van der Waals surface area contributed by atoms with Gasteiger partial charge >= 0.3 is 21.1 Å². The van der Waals surface area contributed by atoms with Crippen LogP contribution in [-0.4, -0.2) is 19.1 Å². The molecule has 6 aromatic heterocycles. The molecular formula is C46H24N4O3Pt. The molecule has 0 saturated carbocycles. The number of hydrogen-bond acceptors (Lipinski definition) is 5. The monoisotopic (exact) mass is 875 g/mol. The molecule has 0 radical (unpaired) electrons. The fourth-order valence-corrected chi connectivity index (χ4v) is 8.03. The minimum Gasteiger partial charge on any atom is -0.509 e. The minimum atomic E-state index is 0. The third-order valence-corrected chi connectivity index (χ3v) is 10.3. The Morgan fingerprint density at radius 2 is 0.852 bits per heavy atom. The van der Waals surface area contributed by atoms with Gasteiger partial charge in [0.15, 0.2) is 11.2 Å². The van der Waals surface area contributed by atoms with Crippen molar-refractivity contribution in [3.63, 3.8) is 0 Å². The van der Waals surface area contributed by atoms with Crippen molar-refractivity contribution < 1.29 is 34.6 Å². The molecule has 256 valence electrons. The van der Waals surface area contributed by atoms with E-state index in [9.17, 15) is 0 Å². The number of hydrogen-bond donors (Lipinski definition) is 0. The maximum atomic E-state index is 6.61. The fourth-order valence-electron chi connectivity index (χ4n) is 8.03. The van der Waals surface area contributed by atoms with Crippen molar-refractivity contribution in [1.29, 1.82) is 0 Å². The third kappa shape index (κ3) is 4.33. The van der Waals surface area contributed by atoms with Crippen molar-refractivity contribution in [3.8, 4) is 23.1 Å². The zero-order valence-electron chi connectivity index (χ0n) is 28.2. The fraction of sp³-hybridized carbons (Fsp3) is 0. The van der Waals surface area contributed by atoms with Gasteiger partial charge in [-0.25, -0.2) is 9.97 Å². The number of ether oxygens (including phenoxy) is 1. The Kier molecular flexibility index (Phi) is 6.67. The number of nitrogens with zero attached hydrogens (tertiary/aromatic N) is 4. The molecule has 6 heterocycles.